The Hall–Kier alpha value is -2.54. The predicted octanol–water partition coefficient (Wildman–Crippen LogP) is 3.20. The first kappa shape index (κ1) is 13.4. The summed E-state index contributed by atoms with van der Waals surface area (Å²) in [7, 11) is 1.53. The molecule has 0 fully saturated rings. The third-order valence-electron chi connectivity index (χ3n) is 2.96. The summed E-state index contributed by atoms with van der Waals surface area (Å²) in [6, 6.07) is 5.40. The molecule has 1 aromatic carbocycles. The minimum atomic E-state index is -1.10. The van der Waals surface area contributed by atoms with Gasteiger partial charge in [-0.25, -0.2) is 4.79 Å². The second-order valence-corrected chi connectivity index (χ2v) is 5.26. The van der Waals surface area contributed by atoms with Gasteiger partial charge in [-0.3, -0.25) is 4.40 Å². The number of methoxy groups -OCH3 is 1. The summed E-state index contributed by atoms with van der Waals surface area (Å²) in [5.74, 6) is -0.0856. The summed E-state index contributed by atoms with van der Waals surface area (Å²) in [4.78, 5) is 16.2. The number of hydrogen-bond donors (Lipinski definition) is 1. The van der Waals surface area contributed by atoms with E-state index in [2.05, 4.69) is 4.98 Å². The number of rotatable bonds is 4. The van der Waals surface area contributed by atoms with Crippen molar-refractivity contribution in [2.75, 3.05) is 7.11 Å². The number of aryl methyl sites for hydroxylation is 1. The maximum absolute atomic E-state index is 11.4. The van der Waals surface area contributed by atoms with Crippen LogP contribution in [0.1, 0.15) is 16.1 Å². The van der Waals surface area contributed by atoms with Crippen molar-refractivity contribution in [2.24, 2.45) is 0 Å². The second kappa shape index (κ2) is 5.10. The first-order valence-corrected chi connectivity index (χ1v) is 6.99. The quantitative estimate of drug-likeness (QED) is 0.801. The van der Waals surface area contributed by atoms with E-state index >= 15 is 0 Å². The first-order chi connectivity index (χ1) is 10.1. The summed E-state index contributed by atoms with van der Waals surface area (Å²) < 4.78 is 12.4. The van der Waals surface area contributed by atoms with Crippen molar-refractivity contribution in [3.63, 3.8) is 0 Å². The van der Waals surface area contributed by atoms with Crippen molar-refractivity contribution in [2.45, 2.75) is 6.92 Å². The van der Waals surface area contributed by atoms with Gasteiger partial charge in [0, 0.05) is 11.6 Å². The van der Waals surface area contributed by atoms with E-state index < -0.39 is 5.97 Å². The van der Waals surface area contributed by atoms with Crippen molar-refractivity contribution in [3.8, 4) is 17.4 Å². The molecule has 0 amide bonds. The third kappa shape index (κ3) is 2.31. The number of benzene rings is 1. The van der Waals surface area contributed by atoms with Crippen molar-refractivity contribution in [1.82, 2.24) is 9.38 Å². The molecule has 0 bridgehead atoms. The number of carbonyl (C=O) groups is 1. The van der Waals surface area contributed by atoms with Crippen LogP contribution in [0.4, 0.5) is 0 Å². The zero-order valence-electron chi connectivity index (χ0n) is 11.4. The fourth-order valence-electron chi connectivity index (χ4n) is 1.99. The highest BCUT2D eigenvalue weighted by Crippen LogP contribution is 2.34. The minimum Gasteiger partial charge on any atom is -0.493 e. The number of aromatic carboxylic acids is 1. The Morgan fingerprint density at radius 3 is 2.90 bits per heavy atom. The number of imidazole rings is 1. The third-order valence-corrected chi connectivity index (χ3v) is 3.72. The normalized spacial score (nSPS) is 10.8. The molecule has 0 aliphatic heterocycles. The molecule has 3 rings (SSSR count). The number of carboxylic acids is 1. The zero-order valence-corrected chi connectivity index (χ0v) is 12.2. The lowest BCUT2D eigenvalue weighted by Crippen LogP contribution is -2.03. The summed E-state index contributed by atoms with van der Waals surface area (Å²) in [5, 5.41) is 11.1. The molecule has 21 heavy (non-hydrogen) atoms. The van der Waals surface area contributed by atoms with Gasteiger partial charge >= 0.3 is 5.97 Å². The number of thiazole rings is 1. The highest BCUT2D eigenvalue weighted by atomic mass is 32.1. The van der Waals surface area contributed by atoms with Crippen LogP contribution in [-0.4, -0.2) is 27.6 Å². The molecule has 0 aliphatic rings. The molecular formula is C14H12N2O4S. The van der Waals surface area contributed by atoms with E-state index in [1.807, 2.05) is 19.1 Å². The Morgan fingerprint density at radius 1 is 1.38 bits per heavy atom. The van der Waals surface area contributed by atoms with E-state index in [0.717, 1.165) is 5.56 Å². The number of nitrogens with zero attached hydrogens (tertiary/aromatic N) is 2. The number of ether oxygens (including phenoxy) is 2. The van der Waals surface area contributed by atoms with Gasteiger partial charge in [-0.05, 0) is 24.6 Å². The molecule has 1 N–H and O–H groups in total. The van der Waals surface area contributed by atoms with Crippen molar-refractivity contribution in [3.05, 3.63) is 41.0 Å². The molecule has 0 radical (unpaired) electrons. The van der Waals surface area contributed by atoms with Gasteiger partial charge in [-0.1, -0.05) is 6.07 Å². The summed E-state index contributed by atoms with van der Waals surface area (Å²) in [5.41, 5.74) is 1.01. The van der Waals surface area contributed by atoms with E-state index in [1.54, 1.807) is 17.6 Å². The molecule has 0 spiro atoms. The number of aromatic nitrogens is 2. The van der Waals surface area contributed by atoms with E-state index in [9.17, 15) is 9.90 Å². The molecule has 0 unspecified atom stereocenters. The molecule has 0 aliphatic carbocycles. The molecule has 3 aromatic rings. The van der Waals surface area contributed by atoms with Crippen LogP contribution in [-0.2, 0) is 0 Å². The smallest absolute Gasteiger partial charge is 0.358 e. The molecule has 2 aromatic heterocycles. The molecule has 2 heterocycles. The lowest BCUT2D eigenvalue weighted by molar-refractivity contribution is 0.0686. The molecular weight excluding hydrogens is 292 g/mol. The fraction of sp³-hybridized carbons (Fsp3) is 0.143. The highest BCUT2D eigenvalue weighted by molar-refractivity contribution is 7.15. The van der Waals surface area contributed by atoms with Gasteiger partial charge in [-0.2, -0.15) is 4.98 Å². The summed E-state index contributed by atoms with van der Waals surface area (Å²) in [6.45, 7) is 1.93. The van der Waals surface area contributed by atoms with Gasteiger partial charge < -0.3 is 14.6 Å². The Labute approximate surface area is 124 Å². The lowest BCUT2D eigenvalue weighted by Gasteiger charge is -2.09. The van der Waals surface area contributed by atoms with Crippen molar-refractivity contribution < 1.29 is 19.4 Å². The van der Waals surface area contributed by atoms with E-state index in [1.165, 1.54) is 22.8 Å². The van der Waals surface area contributed by atoms with Gasteiger partial charge in [0.2, 0.25) is 0 Å². The molecule has 0 atom stereocenters. The van der Waals surface area contributed by atoms with Gasteiger partial charge in [0.25, 0.3) is 5.88 Å². The zero-order chi connectivity index (χ0) is 15.0. The van der Waals surface area contributed by atoms with E-state index in [4.69, 9.17) is 9.47 Å². The highest BCUT2D eigenvalue weighted by Gasteiger charge is 2.22. The van der Waals surface area contributed by atoms with Gasteiger partial charge in [-0.15, -0.1) is 11.3 Å². The predicted molar refractivity (Wildman–Crippen MR) is 77.8 cm³/mol. The Bertz CT molecular complexity index is 822. The van der Waals surface area contributed by atoms with Gasteiger partial charge in [0.1, 0.15) is 0 Å². The average molecular weight is 304 g/mol. The van der Waals surface area contributed by atoms with Crippen molar-refractivity contribution >= 4 is 22.3 Å². The first-order valence-electron chi connectivity index (χ1n) is 6.11. The van der Waals surface area contributed by atoms with Crippen LogP contribution in [0.2, 0.25) is 0 Å². The van der Waals surface area contributed by atoms with Crippen LogP contribution < -0.4 is 9.47 Å². The minimum absolute atomic E-state index is 0.00567. The van der Waals surface area contributed by atoms with Crippen LogP contribution in [0.25, 0.3) is 4.96 Å². The van der Waals surface area contributed by atoms with Gasteiger partial charge in [0.15, 0.2) is 22.2 Å². The molecule has 0 saturated heterocycles. The number of hydrogen-bond acceptors (Lipinski definition) is 5. The average Bonchev–Trinajstić information content (AvgIpc) is 3.00. The van der Waals surface area contributed by atoms with Crippen molar-refractivity contribution in [1.29, 1.82) is 0 Å². The maximum atomic E-state index is 11.4. The SMILES string of the molecule is COc1cc(C)ccc1Oc1nc2sccn2c1C(=O)O. The molecule has 108 valence electrons. The second-order valence-electron chi connectivity index (χ2n) is 4.38. The summed E-state index contributed by atoms with van der Waals surface area (Å²) in [6.07, 6.45) is 1.65. The topological polar surface area (TPSA) is 73.1 Å². The monoisotopic (exact) mass is 304 g/mol. The standard InChI is InChI=1S/C14H12N2O4S/c1-8-3-4-9(10(7-8)19-2)20-12-11(13(17)18)16-5-6-21-14(16)15-12/h3-7H,1-2H3,(H,17,18). The van der Waals surface area contributed by atoms with Crippen LogP contribution in [0, 0.1) is 6.92 Å². The van der Waals surface area contributed by atoms with Crippen LogP contribution in [0.15, 0.2) is 29.8 Å². The fourth-order valence-corrected chi connectivity index (χ4v) is 2.70. The number of carboxylic acid groups (broad SMARTS) is 1. The van der Waals surface area contributed by atoms with Gasteiger partial charge in [0.05, 0.1) is 7.11 Å². The molecule has 7 heteroatoms. The Balaban J connectivity index is 2.07. The van der Waals surface area contributed by atoms with Crippen LogP contribution in [0.3, 0.4) is 0 Å². The van der Waals surface area contributed by atoms with E-state index in [0.29, 0.717) is 16.5 Å². The Kier molecular flexibility index (Phi) is 3.26. The van der Waals surface area contributed by atoms with E-state index in [-0.39, 0.29) is 11.6 Å². The maximum Gasteiger partial charge on any atom is 0.358 e. The largest absolute Gasteiger partial charge is 0.493 e. The van der Waals surface area contributed by atoms with Crippen LogP contribution in [0.5, 0.6) is 17.4 Å². The molecule has 0 saturated carbocycles. The Morgan fingerprint density at radius 2 is 2.19 bits per heavy atom. The molecule has 6 nitrogen and oxygen atoms in total. The van der Waals surface area contributed by atoms with Crippen LogP contribution >= 0.6 is 11.3 Å². The summed E-state index contributed by atoms with van der Waals surface area (Å²) >= 11 is 1.34. The number of fused-ring (bicyclic) bond motifs is 1. The lowest BCUT2D eigenvalue weighted by atomic mass is 10.2.